The maximum absolute atomic E-state index is 13.2. The van der Waals surface area contributed by atoms with E-state index in [1.807, 2.05) is 42.2 Å². The van der Waals surface area contributed by atoms with E-state index in [0.29, 0.717) is 42.7 Å². The number of carbonyl (C=O) groups excluding carboxylic acids is 1. The van der Waals surface area contributed by atoms with Crippen molar-refractivity contribution in [2.24, 2.45) is 5.92 Å². The first kappa shape index (κ1) is 19.5. The summed E-state index contributed by atoms with van der Waals surface area (Å²) in [5.41, 5.74) is 2.21. The van der Waals surface area contributed by atoms with Crippen LogP contribution in [0.15, 0.2) is 36.5 Å². The Morgan fingerprint density at radius 3 is 2.81 bits per heavy atom. The normalized spacial score (nSPS) is 17.3. The van der Waals surface area contributed by atoms with Crippen molar-refractivity contribution < 1.29 is 9.53 Å². The Bertz CT molecular complexity index is 761. The van der Waals surface area contributed by atoms with Crippen molar-refractivity contribution in [3.05, 3.63) is 47.9 Å². The highest BCUT2D eigenvalue weighted by atomic mass is 16.5. The second-order valence-corrected chi connectivity index (χ2v) is 7.61. The monoisotopic (exact) mass is 367 g/mol. The molecule has 1 amide bonds. The van der Waals surface area contributed by atoms with E-state index in [2.05, 4.69) is 23.8 Å². The van der Waals surface area contributed by atoms with Crippen molar-refractivity contribution in [2.45, 2.75) is 46.1 Å². The van der Waals surface area contributed by atoms with Crippen LogP contribution < -0.4 is 0 Å². The van der Waals surface area contributed by atoms with E-state index in [1.54, 1.807) is 6.20 Å². The number of carbonyl (C=O) groups is 1. The molecule has 1 aliphatic rings. The molecule has 1 aliphatic heterocycles. The predicted octanol–water partition coefficient (Wildman–Crippen LogP) is 4.12. The summed E-state index contributed by atoms with van der Waals surface area (Å²) < 4.78 is 5.88. The first-order valence-corrected chi connectivity index (χ1v) is 9.84. The number of nitrogens with zero attached hydrogens (tertiary/aromatic N) is 3. The maximum atomic E-state index is 13.2. The lowest BCUT2D eigenvalue weighted by Gasteiger charge is -2.33. The standard InChI is InChI=1S/C22H29N3O2/c1-16(2)8-7-11-19-15-25(12-13-27-19)22(26)20-14-23-17(3)24-21(20)18-9-5-4-6-10-18/h4-6,9-10,14,16,19H,7-8,11-13,15H2,1-3H3/t19-/m1/s1. The molecule has 144 valence electrons. The average Bonchev–Trinajstić information content (AvgIpc) is 2.68. The molecule has 0 N–H and O–H groups in total. The van der Waals surface area contributed by atoms with E-state index in [9.17, 15) is 4.79 Å². The fourth-order valence-electron chi connectivity index (χ4n) is 3.45. The molecule has 5 nitrogen and oxygen atoms in total. The van der Waals surface area contributed by atoms with E-state index in [4.69, 9.17) is 4.74 Å². The molecule has 3 rings (SSSR count). The summed E-state index contributed by atoms with van der Waals surface area (Å²) in [4.78, 5) is 24.0. The van der Waals surface area contributed by atoms with Gasteiger partial charge in [0.05, 0.1) is 24.0 Å². The van der Waals surface area contributed by atoms with E-state index >= 15 is 0 Å². The lowest BCUT2D eigenvalue weighted by molar-refractivity contribution is -0.0260. The first-order valence-electron chi connectivity index (χ1n) is 9.84. The van der Waals surface area contributed by atoms with Crippen LogP contribution in [0.1, 0.15) is 49.3 Å². The van der Waals surface area contributed by atoms with E-state index < -0.39 is 0 Å². The highest BCUT2D eigenvalue weighted by molar-refractivity contribution is 5.99. The SMILES string of the molecule is Cc1ncc(C(=O)N2CCO[C@H](CCCC(C)C)C2)c(-c2ccccc2)n1. The van der Waals surface area contributed by atoms with Crippen LogP contribution in [-0.4, -0.2) is 46.6 Å². The minimum absolute atomic E-state index is 0.00832. The fraction of sp³-hybridized carbons (Fsp3) is 0.500. The topological polar surface area (TPSA) is 55.3 Å². The zero-order valence-corrected chi connectivity index (χ0v) is 16.5. The third-order valence-corrected chi connectivity index (χ3v) is 4.92. The van der Waals surface area contributed by atoms with E-state index in [0.717, 1.165) is 18.4 Å². The molecular formula is C22H29N3O2. The molecular weight excluding hydrogens is 338 g/mol. The molecule has 0 bridgehead atoms. The third kappa shape index (κ3) is 5.13. The maximum Gasteiger partial charge on any atom is 0.257 e. The Morgan fingerprint density at radius 1 is 1.30 bits per heavy atom. The molecule has 0 aliphatic carbocycles. The number of benzene rings is 1. The van der Waals surface area contributed by atoms with Crippen molar-refractivity contribution in [3.8, 4) is 11.3 Å². The molecule has 27 heavy (non-hydrogen) atoms. The van der Waals surface area contributed by atoms with Gasteiger partial charge < -0.3 is 9.64 Å². The number of morpholine rings is 1. The van der Waals surface area contributed by atoms with Gasteiger partial charge in [-0.1, -0.05) is 57.0 Å². The highest BCUT2D eigenvalue weighted by Gasteiger charge is 2.27. The lowest BCUT2D eigenvalue weighted by Crippen LogP contribution is -2.45. The lowest BCUT2D eigenvalue weighted by atomic mass is 10.0. The molecule has 5 heteroatoms. The van der Waals surface area contributed by atoms with E-state index in [-0.39, 0.29) is 12.0 Å². The fourth-order valence-corrected chi connectivity index (χ4v) is 3.45. The Balaban J connectivity index is 1.75. The largest absolute Gasteiger partial charge is 0.375 e. The molecule has 1 fully saturated rings. The molecule has 1 atom stereocenters. The van der Waals surface area contributed by atoms with Crippen molar-refractivity contribution in [3.63, 3.8) is 0 Å². The molecule has 2 heterocycles. The molecule has 0 spiro atoms. The first-order chi connectivity index (χ1) is 13.0. The molecule has 0 unspecified atom stereocenters. The van der Waals surface area contributed by atoms with Crippen molar-refractivity contribution in [2.75, 3.05) is 19.7 Å². The van der Waals surface area contributed by atoms with Gasteiger partial charge in [0.1, 0.15) is 5.82 Å². The van der Waals surface area contributed by atoms with Gasteiger partial charge in [-0.2, -0.15) is 0 Å². The highest BCUT2D eigenvalue weighted by Crippen LogP contribution is 2.24. The minimum Gasteiger partial charge on any atom is -0.375 e. The summed E-state index contributed by atoms with van der Waals surface area (Å²) in [6.45, 7) is 8.16. The van der Waals surface area contributed by atoms with Crippen LogP contribution in [0.5, 0.6) is 0 Å². The van der Waals surface area contributed by atoms with Crippen LogP contribution in [0.2, 0.25) is 0 Å². The zero-order valence-electron chi connectivity index (χ0n) is 16.5. The van der Waals surface area contributed by atoms with Crippen LogP contribution in [0.4, 0.5) is 0 Å². The van der Waals surface area contributed by atoms with Crippen LogP contribution in [0.3, 0.4) is 0 Å². The second kappa shape index (κ2) is 9.09. The van der Waals surface area contributed by atoms with Crippen molar-refractivity contribution in [1.82, 2.24) is 14.9 Å². The Kier molecular flexibility index (Phi) is 6.56. The quantitative estimate of drug-likeness (QED) is 0.771. The summed E-state index contributed by atoms with van der Waals surface area (Å²) in [6, 6.07) is 9.84. The van der Waals surface area contributed by atoms with Gasteiger partial charge in [-0.3, -0.25) is 4.79 Å². The van der Waals surface area contributed by atoms with Gasteiger partial charge in [0.25, 0.3) is 5.91 Å². The minimum atomic E-state index is -0.00832. The zero-order chi connectivity index (χ0) is 19.2. The Hall–Kier alpha value is -2.27. The predicted molar refractivity (Wildman–Crippen MR) is 107 cm³/mol. The molecule has 1 aromatic heterocycles. The molecule has 1 saturated heterocycles. The number of rotatable bonds is 6. The number of ether oxygens (including phenoxy) is 1. The number of aromatic nitrogens is 2. The number of hydrogen-bond acceptors (Lipinski definition) is 4. The van der Waals surface area contributed by atoms with Gasteiger partial charge in [-0.05, 0) is 19.3 Å². The van der Waals surface area contributed by atoms with Gasteiger partial charge in [0.2, 0.25) is 0 Å². The van der Waals surface area contributed by atoms with Crippen LogP contribution >= 0.6 is 0 Å². The smallest absolute Gasteiger partial charge is 0.257 e. The molecule has 0 radical (unpaired) electrons. The molecule has 2 aromatic rings. The Labute approximate surface area is 161 Å². The number of aryl methyl sites for hydroxylation is 1. The van der Waals surface area contributed by atoms with Gasteiger partial charge in [-0.25, -0.2) is 9.97 Å². The third-order valence-electron chi connectivity index (χ3n) is 4.92. The summed E-state index contributed by atoms with van der Waals surface area (Å²) in [5.74, 6) is 1.36. The van der Waals surface area contributed by atoms with Gasteiger partial charge in [0, 0.05) is 24.8 Å². The summed E-state index contributed by atoms with van der Waals surface area (Å²) in [5, 5.41) is 0. The average molecular weight is 367 g/mol. The van der Waals surface area contributed by atoms with Crippen LogP contribution in [-0.2, 0) is 4.74 Å². The number of amides is 1. The van der Waals surface area contributed by atoms with Gasteiger partial charge in [0.15, 0.2) is 0 Å². The van der Waals surface area contributed by atoms with Crippen LogP contribution in [0, 0.1) is 12.8 Å². The molecule has 0 saturated carbocycles. The summed E-state index contributed by atoms with van der Waals surface area (Å²) >= 11 is 0. The van der Waals surface area contributed by atoms with Crippen molar-refractivity contribution >= 4 is 5.91 Å². The Morgan fingerprint density at radius 2 is 2.07 bits per heavy atom. The van der Waals surface area contributed by atoms with Crippen molar-refractivity contribution in [1.29, 1.82) is 0 Å². The van der Waals surface area contributed by atoms with Crippen LogP contribution in [0.25, 0.3) is 11.3 Å². The summed E-state index contributed by atoms with van der Waals surface area (Å²) in [7, 11) is 0. The second-order valence-electron chi connectivity index (χ2n) is 7.61. The number of hydrogen-bond donors (Lipinski definition) is 0. The molecule has 1 aromatic carbocycles. The van der Waals surface area contributed by atoms with Gasteiger partial charge >= 0.3 is 0 Å². The van der Waals surface area contributed by atoms with Gasteiger partial charge in [-0.15, -0.1) is 0 Å². The van der Waals surface area contributed by atoms with E-state index in [1.165, 1.54) is 6.42 Å². The summed E-state index contributed by atoms with van der Waals surface area (Å²) in [6.07, 6.45) is 5.10.